The van der Waals surface area contributed by atoms with Gasteiger partial charge in [-0.2, -0.15) is 0 Å². The molecular weight excluding hydrogens is 364 g/mol. The third-order valence-corrected chi connectivity index (χ3v) is 4.97. The molecule has 0 spiro atoms. The number of hydrogen-bond acceptors (Lipinski definition) is 3. The van der Waals surface area contributed by atoms with E-state index in [0.29, 0.717) is 36.1 Å². The molecule has 0 aliphatic carbocycles. The van der Waals surface area contributed by atoms with E-state index in [4.69, 9.17) is 21.1 Å². The standard InChI is InChI=1S/C21H21ClN2O3/c1-2-9-24-13-15(19-16(22)6-4-7-17(19)24)21(25)23-12-14-5-3-8-18-20(14)27-11-10-26-18/h3-8,13H,2,9-12H2,1H3,(H,23,25). The lowest BCUT2D eigenvalue weighted by molar-refractivity contribution is 0.0951. The molecule has 1 aliphatic heterocycles. The van der Waals surface area contributed by atoms with Crippen molar-refractivity contribution in [3.8, 4) is 11.5 Å². The Morgan fingerprint density at radius 1 is 1.19 bits per heavy atom. The highest BCUT2D eigenvalue weighted by atomic mass is 35.5. The molecule has 6 heteroatoms. The minimum atomic E-state index is -0.155. The van der Waals surface area contributed by atoms with Gasteiger partial charge in [0.25, 0.3) is 5.91 Å². The van der Waals surface area contributed by atoms with Gasteiger partial charge >= 0.3 is 0 Å². The zero-order valence-corrected chi connectivity index (χ0v) is 15.9. The molecule has 2 heterocycles. The number of aromatic nitrogens is 1. The number of ether oxygens (including phenoxy) is 2. The highest BCUT2D eigenvalue weighted by Crippen LogP contribution is 2.34. The number of benzene rings is 2. The molecule has 3 aromatic rings. The van der Waals surface area contributed by atoms with Crippen molar-refractivity contribution in [3.05, 3.63) is 58.7 Å². The van der Waals surface area contributed by atoms with E-state index in [1.54, 1.807) is 0 Å². The Morgan fingerprint density at radius 2 is 2.00 bits per heavy atom. The first kappa shape index (κ1) is 17.7. The molecule has 0 fully saturated rings. The molecule has 0 radical (unpaired) electrons. The number of halogens is 1. The number of fused-ring (bicyclic) bond motifs is 2. The molecule has 4 rings (SSSR count). The molecule has 0 atom stereocenters. The van der Waals surface area contributed by atoms with Gasteiger partial charge < -0.3 is 19.4 Å². The van der Waals surface area contributed by atoms with Crippen LogP contribution in [0.3, 0.4) is 0 Å². The highest BCUT2D eigenvalue weighted by molar-refractivity contribution is 6.36. The molecule has 27 heavy (non-hydrogen) atoms. The normalized spacial score (nSPS) is 13.0. The number of rotatable bonds is 5. The summed E-state index contributed by atoms with van der Waals surface area (Å²) in [6, 6.07) is 11.4. The van der Waals surface area contributed by atoms with Gasteiger partial charge in [0, 0.05) is 30.2 Å². The van der Waals surface area contributed by atoms with E-state index in [1.807, 2.05) is 42.6 Å². The molecule has 5 nitrogen and oxygen atoms in total. The van der Waals surface area contributed by atoms with Crippen molar-refractivity contribution in [2.45, 2.75) is 26.4 Å². The van der Waals surface area contributed by atoms with Crippen molar-refractivity contribution in [3.63, 3.8) is 0 Å². The average molecular weight is 385 g/mol. The Bertz CT molecular complexity index is 997. The first-order chi connectivity index (χ1) is 13.2. The van der Waals surface area contributed by atoms with Gasteiger partial charge in [0.05, 0.1) is 16.1 Å². The van der Waals surface area contributed by atoms with E-state index in [1.165, 1.54) is 0 Å². The number of hydrogen-bond donors (Lipinski definition) is 1. The topological polar surface area (TPSA) is 52.5 Å². The minimum Gasteiger partial charge on any atom is -0.486 e. The second-order valence-electron chi connectivity index (χ2n) is 6.49. The summed E-state index contributed by atoms with van der Waals surface area (Å²) >= 11 is 6.40. The van der Waals surface area contributed by atoms with Gasteiger partial charge in [-0.05, 0) is 24.6 Å². The first-order valence-electron chi connectivity index (χ1n) is 9.12. The SMILES string of the molecule is CCCn1cc(C(=O)NCc2cccc3c2OCCO3)c2c(Cl)cccc21. The van der Waals surface area contributed by atoms with Crippen LogP contribution in [0.4, 0.5) is 0 Å². The average Bonchev–Trinajstić information content (AvgIpc) is 3.06. The van der Waals surface area contributed by atoms with Gasteiger partial charge in [-0.3, -0.25) is 4.79 Å². The maximum absolute atomic E-state index is 12.9. The number of amides is 1. The van der Waals surface area contributed by atoms with Gasteiger partial charge in [0.15, 0.2) is 11.5 Å². The van der Waals surface area contributed by atoms with Crippen LogP contribution in [-0.2, 0) is 13.1 Å². The Kier molecular flexibility index (Phi) is 4.94. The predicted octanol–water partition coefficient (Wildman–Crippen LogP) is 4.41. The molecule has 0 saturated carbocycles. The summed E-state index contributed by atoms with van der Waals surface area (Å²) in [5.41, 5.74) is 2.46. The lowest BCUT2D eigenvalue weighted by Crippen LogP contribution is -2.24. The van der Waals surface area contributed by atoms with Crippen LogP contribution in [0.15, 0.2) is 42.6 Å². The smallest absolute Gasteiger partial charge is 0.253 e. The van der Waals surface area contributed by atoms with Gasteiger partial charge in [-0.25, -0.2) is 0 Å². The van der Waals surface area contributed by atoms with Crippen molar-refractivity contribution in [2.24, 2.45) is 0 Å². The second-order valence-corrected chi connectivity index (χ2v) is 6.90. The monoisotopic (exact) mass is 384 g/mol. The number of aryl methyl sites for hydroxylation is 1. The highest BCUT2D eigenvalue weighted by Gasteiger charge is 2.19. The Morgan fingerprint density at radius 3 is 2.85 bits per heavy atom. The molecule has 140 valence electrons. The van der Waals surface area contributed by atoms with Crippen molar-refractivity contribution in [2.75, 3.05) is 13.2 Å². The van der Waals surface area contributed by atoms with Gasteiger partial charge in [0.2, 0.25) is 0 Å². The lowest BCUT2D eigenvalue weighted by atomic mass is 10.1. The van der Waals surface area contributed by atoms with Crippen LogP contribution in [0.2, 0.25) is 5.02 Å². The van der Waals surface area contributed by atoms with E-state index in [0.717, 1.165) is 35.2 Å². The Hall–Kier alpha value is -2.66. The summed E-state index contributed by atoms with van der Waals surface area (Å²) in [6.45, 7) is 4.35. The molecule has 0 bridgehead atoms. The fraction of sp³-hybridized carbons (Fsp3) is 0.286. The van der Waals surface area contributed by atoms with E-state index in [-0.39, 0.29) is 5.91 Å². The van der Waals surface area contributed by atoms with Crippen molar-refractivity contribution in [1.29, 1.82) is 0 Å². The molecule has 1 aromatic heterocycles. The predicted molar refractivity (Wildman–Crippen MR) is 106 cm³/mol. The van der Waals surface area contributed by atoms with E-state index in [2.05, 4.69) is 16.8 Å². The number of carbonyl (C=O) groups is 1. The van der Waals surface area contributed by atoms with Crippen LogP contribution in [0.5, 0.6) is 11.5 Å². The zero-order chi connectivity index (χ0) is 18.8. The van der Waals surface area contributed by atoms with Crippen LogP contribution in [-0.4, -0.2) is 23.7 Å². The summed E-state index contributed by atoms with van der Waals surface area (Å²) in [5.74, 6) is 1.27. The summed E-state index contributed by atoms with van der Waals surface area (Å²) < 4.78 is 13.4. The lowest BCUT2D eigenvalue weighted by Gasteiger charge is -2.21. The van der Waals surface area contributed by atoms with E-state index >= 15 is 0 Å². The van der Waals surface area contributed by atoms with E-state index < -0.39 is 0 Å². The van der Waals surface area contributed by atoms with Crippen molar-refractivity contribution in [1.82, 2.24) is 9.88 Å². The molecule has 1 amide bonds. The van der Waals surface area contributed by atoms with Crippen molar-refractivity contribution >= 4 is 28.4 Å². The molecule has 0 saturated heterocycles. The van der Waals surface area contributed by atoms with Crippen LogP contribution in [0.1, 0.15) is 29.3 Å². The molecule has 1 aliphatic rings. The fourth-order valence-electron chi connectivity index (χ4n) is 3.45. The molecular formula is C21H21ClN2O3. The number of para-hydroxylation sites is 1. The van der Waals surface area contributed by atoms with Gasteiger partial charge in [0.1, 0.15) is 13.2 Å². The van der Waals surface area contributed by atoms with Crippen LogP contribution >= 0.6 is 11.6 Å². The second kappa shape index (κ2) is 7.53. The third kappa shape index (κ3) is 3.35. The Labute approximate surface area is 162 Å². The maximum atomic E-state index is 12.9. The van der Waals surface area contributed by atoms with Crippen LogP contribution in [0.25, 0.3) is 10.9 Å². The molecule has 0 unspecified atom stereocenters. The van der Waals surface area contributed by atoms with E-state index in [9.17, 15) is 4.79 Å². The summed E-state index contributed by atoms with van der Waals surface area (Å²) in [4.78, 5) is 12.9. The summed E-state index contributed by atoms with van der Waals surface area (Å²) in [6.07, 6.45) is 2.86. The fourth-order valence-corrected chi connectivity index (χ4v) is 3.72. The minimum absolute atomic E-state index is 0.155. The zero-order valence-electron chi connectivity index (χ0n) is 15.1. The van der Waals surface area contributed by atoms with Crippen LogP contribution < -0.4 is 14.8 Å². The Balaban J connectivity index is 1.61. The van der Waals surface area contributed by atoms with Gasteiger partial charge in [-0.1, -0.05) is 36.7 Å². The number of carbonyl (C=O) groups excluding carboxylic acids is 1. The number of nitrogens with one attached hydrogen (secondary N) is 1. The molecule has 1 N–H and O–H groups in total. The first-order valence-corrected chi connectivity index (χ1v) is 9.50. The maximum Gasteiger partial charge on any atom is 0.253 e. The quantitative estimate of drug-likeness (QED) is 0.709. The summed E-state index contributed by atoms with van der Waals surface area (Å²) in [7, 11) is 0. The molecule has 2 aromatic carbocycles. The summed E-state index contributed by atoms with van der Waals surface area (Å²) in [5, 5.41) is 4.37. The largest absolute Gasteiger partial charge is 0.486 e. The van der Waals surface area contributed by atoms with Crippen LogP contribution in [0, 0.1) is 0 Å². The third-order valence-electron chi connectivity index (χ3n) is 4.65. The van der Waals surface area contributed by atoms with Crippen molar-refractivity contribution < 1.29 is 14.3 Å². The number of nitrogens with zero attached hydrogens (tertiary/aromatic N) is 1. The van der Waals surface area contributed by atoms with Gasteiger partial charge in [-0.15, -0.1) is 0 Å².